The van der Waals surface area contributed by atoms with E-state index < -0.39 is 11.9 Å². The number of hydrogen-bond acceptors (Lipinski definition) is 7. The molecule has 1 aromatic rings. The monoisotopic (exact) mass is 490 g/mol. The van der Waals surface area contributed by atoms with Crippen molar-refractivity contribution in [3.8, 4) is 17.2 Å². The normalized spacial score (nSPS) is 29.7. The molecule has 0 atom stereocenters. The Morgan fingerprint density at radius 3 is 1.69 bits per heavy atom. The van der Waals surface area contributed by atoms with Crippen molar-refractivity contribution in [2.24, 2.45) is 23.7 Å². The molecule has 0 aromatic heterocycles. The van der Waals surface area contributed by atoms with E-state index in [1.54, 1.807) is 27.8 Å². The number of benzene rings is 1. The third kappa shape index (κ3) is 5.67. The summed E-state index contributed by atoms with van der Waals surface area (Å²) in [6, 6.07) is 5.06. The largest absolute Gasteiger partial charge is 0.493 e. The number of carbonyl (C=O) groups is 2. The lowest BCUT2D eigenvalue weighted by atomic mass is 9.54. The number of aliphatic carboxylic acids is 2. The highest BCUT2D eigenvalue weighted by molar-refractivity contribution is 6.27. The van der Waals surface area contributed by atoms with Crippen LogP contribution >= 0.6 is 0 Å². The highest BCUT2D eigenvalue weighted by Crippen LogP contribution is 2.55. The summed E-state index contributed by atoms with van der Waals surface area (Å²) < 4.78 is 16.5. The SMILES string of the molecule is COc1cc(CN2CCN(C3C4CC5CC(C4)CC3C5)CC2)cc(OC)c1OC.O=C(O)C(=O)O. The number of carboxylic acids is 2. The summed E-state index contributed by atoms with van der Waals surface area (Å²) in [7, 11) is 5.03. The number of hydrogen-bond donors (Lipinski definition) is 2. The molecule has 0 radical (unpaired) electrons. The minimum atomic E-state index is -1.82. The Labute approximate surface area is 206 Å². The van der Waals surface area contributed by atoms with E-state index in [-0.39, 0.29) is 0 Å². The zero-order chi connectivity index (χ0) is 25.1. The number of ether oxygens (including phenoxy) is 3. The van der Waals surface area contributed by atoms with Gasteiger partial charge in [0.2, 0.25) is 5.75 Å². The predicted octanol–water partition coefficient (Wildman–Crippen LogP) is 2.81. The summed E-state index contributed by atoms with van der Waals surface area (Å²) >= 11 is 0. The van der Waals surface area contributed by atoms with Crippen LogP contribution in [0, 0.1) is 23.7 Å². The molecule has 4 saturated carbocycles. The van der Waals surface area contributed by atoms with Gasteiger partial charge in [-0.25, -0.2) is 9.59 Å². The van der Waals surface area contributed by atoms with Crippen molar-refractivity contribution < 1.29 is 34.0 Å². The molecule has 35 heavy (non-hydrogen) atoms. The zero-order valence-corrected chi connectivity index (χ0v) is 20.9. The van der Waals surface area contributed by atoms with Crippen LogP contribution in [-0.2, 0) is 16.1 Å². The van der Waals surface area contributed by atoms with Crippen LogP contribution in [0.15, 0.2) is 12.1 Å². The fourth-order valence-electron chi connectivity index (χ4n) is 7.20. The Bertz CT molecular complexity index is 848. The lowest BCUT2D eigenvalue weighted by molar-refractivity contribution is -0.159. The number of piperazine rings is 1. The van der Waals surface area contributed by atoms with Gasteiger partial charge in [0.25, 0.3) is 0 Å². The molecule has 9 nitrogen and oxygen atoms in total. The van der Waals surface area contributed by atoms with Gasteiger partial charge in [-0.3, -0.25) is 9.80 Å². The van der Waals surface area contributed by atoms with E-state index in [4.69, 9.17) is 34.0 Å². The van der Waals surface area contributed by atoms with Crippen molar-refractivity contribution >= 4 is 11.9 Å². The Morgan fingerprint density at radius 1 is 0.800 bits per heavy atom. The van der Waals surface area contributed by atoms with Gasteiger partial charge in [0.1, 0.15) is 0 Å². The van der Waals surface area contributed by atoms with E-state index in [0.717, 1.165) is 60.8 Å². The second-order valence-corrected chi connectivity index (χ2v) is 10.4. The van der Waals surface area contributed by atoms with Gasteiger partial charge in [-0.15, -0.1) is 0 Å². The van der Waals surface area contributed by atoms with Gasteiger partial charge in [-0.05, 0) is 73.5 Å². The molecule has 0 amide bonds. The number of rotatable bonds is 6. The van der Waals surface area contributed by atoms with Crippen LogP contribution in [0.25, 0.3) is 0 Å². The lowest BCUT2D eigenvalue weighted by Crippen LogP contribution is -2.60. The molecule has 4 aliphatic carbocycles. The molecule has 1 saturated heterocycles. The Balaban J connectivity index is 0.000000431. The summed E-state index contributed by atoms with van der Waals surface area (Å²) in [4.78, 5) is 23.6. The van der Waals surface area contributed by atoms with E-state index in [9.17, 15) is 0 Å². The topological polar surface area (TPSA) is 109 Å². The lowest BCUT2D eigenvalue weighted by Gasteiger charge is -2.58. The van der Waals surface area contributed by atoms with Crippen LogP contribution in [0.3, 0.4) is 0 Å². The summed E-state index contributed by atoms with van der Waals surface area (Å²) in [6.45, 7) is 5.68. The van der Waals surface area contributed by atoms with Crippen LogP contribution in [-0.4, -0.2) is 85.5 Å². The van der Waals surface area contributed by atoms with E-state index in [1.165, 1.54) is 44.3 Å². The first kappa shape index (κ1) is 25.6. The van der Waals surface area contributed by atoms with E-state index in [2.05, 4.69) is 21.9 Å². The molecular formula is C26H38N2O7. The number of carboxylic acid groups (broad SMARTS) is 2. The zero-order valence-electron chi connectivity index (χ0n) is 20.9. The summed E-state index contributed by atoms with van der Waals surface area (Å²) in [5, 5.41) is 14.8. The first-order chi connectivity index (χ1) is 16.8. The van der Waals surface area contributed by atoms with Crippen molar-refractivity contribution in [1.82, 2.24) is 9.80 Å². The number of methoxy groups -OCH3 is 3. The van der Waals surface area contributed by atoms with Crippen molar-refractivity contribution in [1.29, 1.82) is 0 Å². The molecular weight excluding hydrogens is 452 g/mol. The van der Waals surface area contributed by atoms with Crippen molar-refractivity contribution in [2.45, 2.75) is 44.7 Å². The van der Waals surface area contributed by atoms with Crippen LogP contribution in [0.5, 0.6) is 17.2 Å². The summed E-state index contributed by atoms with van der Waals surface area (Å²) in [5.41, 5.74) is 1.22. The van der Waals surface area contributed by atoms with Gasteiger partial charge in [-0.2, -0.15) is 0 Å². The highest BCUT2D eigenvalue weighted by Gasteiger charge is 2.50. The quantitative estimate of drug-likeness (QED) is 0.582. The standard InChI is InChI=1S/C24H36N2O3.C2H2O4/c1-27-21-13-18(14-22(28-2)24(21)29-3)15-25-4-6-26(7-5-25)23-19-9-16-8-17(11-19)12-20(23)10-16;3-1(4)2(5)6/h13-14,16-17,19-20,23H,4-12,15H2,1-3H3;(H,3,4)(H,5,6). The fourth-order valence-corrected chi connectivity index (χ4v) is 7.20. The average Bonchev–Trinajstić information content (AvgIpc) is 2.84. The molecule has 0 unspecified atom stereocenters. The van der Waals surface area contributed by atoms with E-state index >= 15 is 0 Å². The molecule has 2 N–H and O–H groups in total. The molecule has 5 aliphatic rings. The highest BCUT2D eigenvalue weighted by atomic mass is 16.5. The third-order valence-corrected chi connectivity index (χ3v) is 8.32. The molecule has 4 bridgehead atoms. The first-order valence-corrected chi connectivity index (χ1v) is 12.5. The maximum atomic E-state index is 9.10. The molecule has 6 rings (SSSR count). The van der Waals surface area contributed by atoms with Crippen molar-refractivity contribution in [3.63, 3.8) is 0 Å². The van der Waals surface area contributed by atoms with Gasteiger partial charge in [0, 0.05) is 38.8 Å². The van der Waals surface area contributed by atoms with Gasteiger partial charge in [0.05, 0.1) is 21.3 Å². The third-order valence-electron chi connectivity index (χ3n) is 8.32. The summed E-state index contributed by atoms with van der Waals surface area (Å²) in [5.74, 6) is 2.63. The molecule has 0 spiro atoms. The molecule has 5 fully saturated rings. The second kappa shape index (κ2) is 11.0. The van der Waals surface area contributed by atoms with Crippen molar-refractivity contribution in [2.75, 3.05) is 47.5 Å². The summed E-state index contributed by atoms with van der Waals surface area (Å²) in [6.07, 6.45) is 7.61. The Morgan fingerprint density at radius 2 is 1.29 bits per heavy atom. The van der Waals surface area contributed by atoms with Gasteiger partial charge >= 0.3 is 11.9 Å². The molecule has 9 heteroatoms. The molecule has 1 aliphatic heterocycles. The molecule has 1 aromatic carbocycles. The Kier molecular flexibility index (Phi) is 8.06. The molecule has 1 heterocycles. The van der Waals surface area contributed by atoms with Crippen LogP contribution in [0.4, 0.5) is 0 Å². The van der Waals surface area contributed by atoms with Gasteiger partial charge in [-0.1, -0.05) is 0 Å². The van der Waals surface area contributed by atoms with E-state index in [1.807, 2.05) is 0 Å². The average molecular weight is 491 g/mol. The van der Waals surface area contributed by atoms with Crippen molar-refractivity contribution in [3.05, 3.63) is 17.7 Å². The van der Waals surface area contributed by atoms with Crippen LogP contribution < -0.4 is 14.2 Å². The smallest absolute Gasteiger partial charge is 0.414 e. The van der Waals surface area contributed by atoms with Gasteiger partial charge < -0.3 is 24.4 Å². The first-order valence-electron chi connectivity index (χ1n) is 12.5. The maximum absolute atomic E-state index is 9.10. The predicted molar refractivity (Wildman–Crippen MR) is 129 cm³/mol. The fraction of sp³-hybridized carbons (Fsp3) is 0.692. The Hall–Kier alpha value is -2.52. The minimum absolute atomic E-state index is 0.672. The minimum Gasteiger partial charge on any atom is -0.493 e. The second-order valence-electron chi connectivity index (χ2n) is 10.4. The molecule has 194 valence electrons. The van der Waals surface area contributed by atoms with Gasteiger partial charge in [0.15, 0.2) is 11.5 Å². The number of nitrogens with zero attached hydrogens (tertiary/aromatic N) is 2. The van der Waals surface area contributed by atoms with Crippen LogP contribution in [0.2, 0.25) is 0 Å². The maximum Gasteiger partial charge on any atom is 0.414 e. The van der Waals surface area contributed by atoms with Crippen LogP contribution in [0.1, 0.15) is 37.7 Å². The van der Waals surface area contributed by atoms with E-state index in [0.29, 0.717) is 5.75 Å².